The van der Waals surface area contributed by atoms with E-state index >= 15 is 0 Å². The van der Waals surface area contributed by atoms with Crippen molar-refractivity contribution in [2.45, 2.75) is 174 Å². The van der Waals surface area contributed by atoms with Gasteiger partial charge in [-0.3, -0.25) is 18.7 Å². The average Bonchev–Trinajstić information content (AvgIpc) is 1.62. The number of benzene rings is 4. The molecule has 6 aliphatic rings. The molecule has 0 bridgehead atoms. The molecule has 4 heterocycles. The lowest BCUT2D eigenvalue weighted by Crippen LogP contribution is -2.28. The van der Waals surface area contributed by atoms with Gasteiger partial charge in [0.25, 0.3) is 20.2 Å². The van der Waals surface area contributed by atoms with E-state index in [4.69, 9.17) is 27.7 Å². The van der Waals surface area contributed by atoms with Crippen LogP contribution in [-0.2, 0) is 111 Å². The van der Waals surface area contributed by atoms with Gasteiger partial charge in [0.2, 0.25) is 11.4 Å². The van der Waals surface area contributed by atoms with Crippen molar-refractivity contribution in [3.05, 3.63) is 188 Å². The highest BCUT2D eigenvalue weighted by Gasteiger charge is 2.48. The lowest BCUT2D eigenvalue weighted by molar-refractivity contribution is -0.437. The highest BCUT2D eigenvalue weighted by atomic mass is 35.5. The van der Waals surface area contributed by atoms with E-state index in [0.29, 0.717) is 98.6 Å². The minimum atomic E-state index is -4.82. The Morgan fingerprint density at radius 3 is 1.34 bits per heavy atom. The quantitative estimate of drug-likeness (QED) is 0.00752. The van der Waals surface area contributed by atoms with Crippen LogP contribution in [0.2, 0.25) is 0 Å². The van der Waals surface area contributed by atoms with Crippen LogP contribution in [0.15, 0.2) is 185 Å². The average molecular weight is 1860 g/mol. The predicted octanol–water partition coefficient (Wildman–Crippen LogP) is 9.62. The zero-order valence-electron chi connectivity index (χ0n) is 67.2. The number of aliphatic carboxylic acids is 2. The number of carboxylic acids is 2. The number of nitrogens with two attached hydrogens (primary N) is 1. The van der Waals surface area contributed by atoms with E-state index in [1.165, 1.54) is 54.6 Å². The minimum absolute atomic E-state index is 0.0114. The zero-order chi connectivity index (χ0) is 90.2. The smallest absolute Gasteiger partial charge is 0.305 e. The molecule has 4 aromatic rings. The van der Waals surface area contributed by atoms with Gasteiger partial charge in [0.15, 0.2) is 11.4 Å². The van der Waals surface area contributed by atoms with E-state index in [-0.39, 0.29) is 82.7 Å². The van der Waals surface area contributed by atoms with Crippen molar-refractivity contribution in [1.29, 1.82) is 0 Å². The van der Waals surface area contributed by atoms with Crippen LogP contribution in [-0.4, -0.2) is 201 Å². The van der Waals surface area contributed by atoms with Gasteiger partial charge in [-0.25, -0.2) is 47.3 Å². The molecule has 10 rings (SSSR count). The first-order valence-electron chi connectivity index (χ1n) is 37.8. The van der Waals surface area contributed by atoms with Crippen LogP contribution in [0.3, 0.4) is 0 Å². The molecule has 121 heavy (non-hydrogen) atoms. The number of rotatable bonds is 34. The second-order valence-corrected chi connectivity index (χ2v) is 42.8. The number of halogens is 1. The predicted molar refractivity (Wildman–Crippen MR) is 447 cm³/mol. The summed E-state index contributed by atoms with van der Waals surface area (Å²) in [4.78, 5) is 24.2. The molecular formula is C78H96ClN6O28S8-3. The monoisotopic (exact) mass is 1860 g/mol. The fourth-order valence-corrected chi connectivity index (χ4v) is 19.8. The number of anilines is 2. The van der Waals surface area contributed by atoms with Crippen molar-refractivity contribution in [1.82, 2.24) is 5.32 Å². The molecule has 664 valence electrons. The Hall–Kier alpha value is -7.67. The van der Waals surface area contributed by atoms with E-state index in [0.717, 1.165) is 57.7 Å². The maximum Gasteiger partial charge on any atom is 0.305 e. The summed E-state index contributed by atoms with van der Waals surface area (Å²) in [5.74, 6) is -4.05. The van der Waals surface area contributed by atoms with Crippen LogP contribution >= 0.6 is 23.6 Å². The van der Waals surface area contributed by atoms with E-state index in [2.05, 4.69) is 14.7 Å². The number of allylic oxidation sites excluding steroid dienone is 15. The molecule has 0 saturated carbocycles. The minimum Gasteiger partial charge on any atom is -0.748 e. The lowest BCUT2D eigenvalue weighted by atomic mass is 9.81. The van der Waals surface area contributed by atoms with Crippen LogP contribution in [0, 0.1) is 0 Å². The Kier molecular flexibility index (Phi) is 32.0. The fourth-order valence-electron chi connectivity index (χ4n) is 15.6. The van der Waals surface area contributed by atoms with E-state index < -0.39 is 137 Å². The first-order valence-corrected chi connectivity index (χ1v) is 49.6. The van der Waals surface area contributed by atoms with Crippen molar-refractivity contribution in [3.8, 4) is 0 Å². The van der Waals surface area contributed by atoms with Gasteiger partial charge in [-0.1, -0.05) is 68.6 Å². The fraction of sp³-hybridized carbons (Fsp3) is 0.436. The maximum absolute atomic E-state index is 12.0. The molecule has 2 aliphatic carbocycles. The topological polar surface area (TPSA) is 559 Å². The van der Waals surface area contributed by atoms with Gasteiger partial charge in [-0.15, -0.1) is 4.33 Å². The summed E-state index contributed by atoms with van der Waals surface area (Å²) in [5.41, 5.74) is 13.3. The molecule has 0 aromatic heterocycles. The van der Waals surface area contributed by atoms with Crippen molar-refractivity contribution in [2.75, 3.05) is 72.1 Å². The van der Waals surface area contributed by atoms with Gasteiger partial charge in [-0.2, -0.15) is 26.0 Å². The lowest BCUT2D eigenvalue weighted by Gasteiger charge is -2.27. The molecule has 0 spiro atoms. The molecule has 0 atom stereocenters. The van der Waals surface area contributed by atoms with E-state index in [9.17, 15) is 105 Å². The summed E-state index contributed by atoms with van der Waals surface area (Å²) in [6, 6.07) is 17.5. The normalized spacial score (nSPS) is 19.1. The molecule has 0 unspecified atom stereocenters. The summed E-state index contributed by atoms with van der Waals surface area (Å²) >= 11 is 7.88. The number of nitrogens with zero attached hydrogens (tertiary/aromatic N) is 4. The van der Waals surface area contributed by atoms with Crippen LogP contribution in [0.25, 0.3) is 0 Å². The summed E-state index contributed by atoms with van der Waals surface area (Å²) in [5, 5.41) is 33.5. The van der Waals surface area contributed by atoms with Gasteiger partial charge < -0.3 is 53.8 Å². The Labute approximate surface area is 714 Å². The number of carbonyl (C=O) groups is 2. The number of carboxylic acid groups (broad SMARTS) is 2. The third-order valence-corrected chi connectivity index (χ3v) is 28.1. The Morgan fingerprint density at radius 1 is 0.521 bits per heavy atom. The van der Waals surface area contributed by atoms with E-state index in [1.54, 1.807) is 27.7 Å². The van der Waals surface area contributed by atoms with Crippen LogP contribution < -0.4 is 20.9 Å². The number of hydrogen-bond acceptors (Lipinski definition) is 29. The maximum atomic E-state index is 12.0. The highest BCUT2D eigenvalue weighted by Crippen LogP contribution is 2.52. The number of fused-ring (bicyclic) bond motifs is 4. The third-order valence-electron chi connectivity index (χ3n) is 21.4. The molecule has 0 fully saturated rings. The molecule has 4 aromatic carbocycles. The molecule has 8 N–H and O–H groups in total. The van der Waals surface area contributed by atoms with Crippen molar-refractivity contribution in [3.63, 3.8) is 0 Å². The molecule has 4 aliphatic heterocycles. The third kappa shape index (κ3) is 25.6. The van der Waals surface area contributed by atoms with Gasteiger partial charge in [0.05, 0.1) is 82.1 Å². The van der Waals surface area contributed by atoms with Crippen molar-refractivity contribution in [2.24, 2.45) is 5.73 Å². The summed E-state index contributed by atoms with van der Waals surface area (Å²) in [6.07, 6.45) is 18.7. The molecular weight excluding hydrogens is 1760 g/mol. The first kappa shape index (κ1) is 98.8. The van der Waals surface area contributed by atoms with Crippen LogP contribution in [0.1, 0.15) is 155 Å². The SMILES string of the molecule is CC1(C)C(/C=C/C2=C(Cl)C(=C/C=C3\N(CCCS(=O)(=O)O)c4ccc(S(=O)(=O)[O-])cc4C3(C)C)/CCC2)=[N+](CCCS(=O)(=O)[O-])c2ccc(SOOO)cc21.CC1(C)C(=CC=C2CCCC(C=CC3=[N+](CCCS(=O)(=O)[O-])c4ccc(S(=O)(=O)[O-])cc4C3(C)C)=C2NCCC(=O)O)N(CCCS(=O)(=O)O)c2ccc(S(=O)(=O)[O-])cc21.NCCC(=O)O. The van der Waals surface area contributed by atoms with Crippen LogP contribution in [0.4, 0.5) is 22.7 Å². The molecule has 0 saturated heterocycles. The van der Waals surface area contributed by atoms with Crippen molar-refractivity contribution >= 4 is 141 Å². The summed E-state index contributed by atoms with van der Waals surface area (Å²) in [6.45, 7) is 16.0. The Bertz CT molecular complexity index is 5910. The van der Waals surface area contributed by atoms with E-state index in [1.807, 2.05) is 113 Å². The van der Waals surface area contributed by atoms with Gasteiger partial charge in [0.1, 0.15) is 43.4 Å². The molecule has 34 nitrogen and oxygen atoms in total. The number of nitrogens with one attached hydrogen (secondary N) is 1. The Morgan fingerprint density at radius 2 is 0.926 bits per heavy atom. The summed E-state index contributed by atoms with van der Waals surface area (Å²) in [7, 11) is -31.9. The second-order valence-electron chi connectivity index (χ2n) is 31.3. The standard InChI is InChI=1S/C39H49N3O14S4.C36H43ClN2O12S4.C3H7NO2/c1-38(2)30-24-28(59(51,52)53)12-14-32(30)41(20-6-22-57(45,46)47)34(38)16-10-26-8-5-9-27(37(26)40-19-18-36(43)44)11-17-35-39(3,4)31-25-29(60(54,55)56)13-15-33(31)42(35)21-7-23-58(48,49)50;1-35(2)28-22-26(52-51-50-40)12-14-30(28)38(18-6-20-53(41,42)43)32(35)16-10-24-8-5-9-25(34(24)37)11-17-33-36(3,4)29-23-27(55(47,48)49)13-15-31(29)39(33)19-7-21-54(44,45)46;4-2-1-3(5)6/h10-17,24-25H,5-9,18-23H2,1-4H3,(H5,43,44,45,46,47,48,49,50,51,52,53,54,55,56);10-17,22-23H,5-9,18-21H2,1-4H3,(H3-,40,41,42,43,44,45,46,47,48,49);1-2,4H2,(H,5,6)/p-3. The largest absolute Gasteiger partial charge is 0.748 e. The molecule has 0 amide bonds. The van der Waals surface area contributed by atoms with Gasteiger partial charge in [-0.05, 0) is 185 Å². The van der Waals surface area contributed by atoms with Gasteiger partial charge >= 0.3 is 11.9 Å². The molecule has 43 heteroatoms. The van der Waals surface area contributed by atoms with Crippen molar-refractivity contribution < 1.29 is 134 Å². The first-order chi connectivity index (χ1) is 55.9. The second kappa shape index (κ2) is 39.3. The zero-order valence-corrected chi connectivity index (χ0v) is 74.5. The van der Waals surface area contributed by atoms with Crippen LogP contribution in [0.5, 0.6) is 0 Å². The molecule has 0 radical (unpaired) electrons. The number of hydrogen-bond donors (Lipinski definition) is 7. The summed E-state index contributed by atoms with van der Waals surface area (Å²) < 4.78 is 250. The van der Waals surface area contributed by atoms with Gasteiger partial charge in [0, 0.05) is 135 Å². The Balaban J connectivity index is 0.000000283. The highest BCUT2D eigenvalue weighted by molar-refractivity contribution is 7.94.